The monoisotopic (exact) mass is 288 g/mol. The standard InChI is InChI=1S/C20H32O/c1-5-8-15(4)13-16(6-2)18-11-12-19(17-9-10-17)20(14-18)21-7-3/h11-12,14-17H,5-10,13H2,1-4H3. The molecule has 0 heterocycles. The van der Waals surface area contributed by atoms with Gasteiger partial charge in [-0.3, -0.25) is 0 Å². The molecule has 0 amide bonds. The Morgan fingerprint density at radius 3 is 2.52 bits per heavy atom. The van der Waals surface area contributed by atoms with Crippen molar-refractivity contribution in [1.82, 2.24) is 0 Å². The molecule has 0 saturated heterocycles. The Hall–Kier alpha value is -0.980. The van der Waals surface area contributed by atoms with Crippen LogP contribution in [0.2, 0.25) is 0 Å². The zero-order valence-electron chi connectivity index (χ0n) is 14.3. The van der Waals surface area contributed by atoms with E-state index in [4.69, 9.17) is 4.74 Å². The number of rotatable bonds is 9. The molecule has 1 saturated carbocycles. The molecule has 1 fully saturated rings. The SMILES string of the molecule is CCCC(C)CC(CC)c1ccc(C2CC2)c(OCC)c1. The summed E-state index contributed by atoms with van der Waals surface area (Å²) in [5, 5.41) is 0. The van der Waals surface area contributed by atoms with Gasteiger partial charge in [-0.05, 0) is 67.6 Å². The Bertz CT molecular complexity index is 433. The first-order valence-corrected chi connectivity index (χ1v) is 8.96. The van der Waals surface area contributed by atoms with E-state index in [1.807, 2.05) is 0 Å². The molecule has 0 spiro atoms. The van der Waals surface area contributed by atoms with Crippen LogP contribution in [-0.4, -0.2) is 6.61 Å². The summed E-state index contributed by atoms with van der Waals surface area (Å²) in [6.07, 6.45) is 7.84. The Labute approximate surface area is 131 Å². The lowest BCUT2D eigenvalue weighted by molar-refractivity contribution is 0.335. The van der Waals surface area contributed by atoms with Crippen LogP contribution in [0.3, 0.4) is 0 Å². The summed E-state index contributed by atoms with van der Waals surface area (Å²) in [5.41, 5.74) is 2.92. The number of ether oxygens (including phenoxy) is 1. The lowest BCUT2D eigenvalue weighted by atomic mass is 9.85. The Morgan fingerprint density at radius 1 is 1.19 bits per heavy atom. The summed E-state index contributed by atoms with van der Waals surface area (Å²) in [6.45, 7) is 9.86. The van der Waals surface area contributed by atoms with Crippen LogP contribution in [-0.2, 0) is 0 Å². The summed E-state index contributed by atoms with van der Waals surface area (Å²) >= 11 is 0. The lowest BCUT2D eigenvalue weighted by Gasteiger charge is -2.21. The molecule has 0 aromatic heterocycles. The summed E-state index contributed by atoms with van der Waals surface area (Å²) in [5.74, 6) is 3.41. The molecule has 118 valence electrons. The third kappa shape index (κ3) is 4.49. The third-order valence-corrected chi connectivity index (χ3v) is 4.79. The first-order valence-electron chi connectivity index (χ1n) is 8.96. The minimum Gasteiger partial charge on any atom is -0.494 e. The Balaban J connectivity index is 2.14. The van der Waals surface area contributed by atoms with E-state index in [2.05, 4.69) is 45.9 Å². The number of hydrogen-bond donors (Lipinski definition) is 0. The second-order valence-electron chi connectivity index (χ2n) is 6.74. The van der Waals surface area contributed by atoms with Crippen LogP contribution in [0.5, 0.6) is 5.75 Å². The molecule has 1 nitrogen and oxygen atoms in total. The van der Waals surface area contributed by atoms with Gasteiger partial charge in [0.1, 0.15) is 5.75 Å². The largest absolute Gasteiger partial charge is 0.494 e. The number of benzene rings is 1. The van der Waals surface area contributed by atoms with Crippen LogP contribution in [0.4, 0.5) is 0 Å². The second kappa shape index (κ2) is 7.87. The van der Waals surface area contributed by atoms with Crippen LogP contribution < -0.4 is 4.74 Å². The van der Waals surface area contributed by atoms with Gasteiger partial charge in [-0.25, -0.2) is 0 Å². The highest BCUT2D eigenvalue weighted by Crippen LogP contribution is 2.45. The van der Waals surface area contributed by atoms with Crippen molar-refractivity contribution in [2.24, 2.45) is 5.92 Å². The van der Waals surface area contributed by atoms with Gasteiger partial charge in [0, 0.05) is 0 Å². The molecule has 21 heavy (non-hydrogen) atoms. The van der Waals surface area contributed by atoms with E-state index in [1.165, 1.54) is 49.7 Å². The van der Waals surface area contributed by atoms with E-state index in [9.17, 15) is 0 Å². The van der Waals surface area contributed by atoms with Gasteiger partial charge in [0.2, 0.25) is 0 Å². The highest BCUT2D eigenvalue weighted by Gasteiger charge is 2.27. The summed E-state index contributed by atoms with van der Waals surface area (Å²) in [7, 11) is 0. The molecule has 1 heteroatoms. The van der Waals surface area contributed by atoms with E-state index >= 15 is 0 Å². The average Bonchev–Trinajstić information content (AvgIpc) is 3.30. The zero-order valence-corrected chi connectivity index (χ0v) is 14.3. The van der Waals surface area contributed by atoms with Crippen LogP contribution >= 0.6 is 0 Å². The van der Waals surface area contributed by atoms with Crippen molar-refractivity contribution in [3.8, 4) is 5.75 Å². The summed E-state index contributed by atoms with van der Waals surface area (Å²) < 4.78 is 5.93. The molecule has 2 unspecified atom stereocenters. The second-order valence-corrected chi connectivity index (χ2v) is 6.74. The zero-order chi connectivity index (χ0) is 15.2. The van der Waals surface area contributed by atoms with Crippen LogP contribution in [0.1, 0.15) is 89.2 Å². The summed E-state index contributed by atoms with van der Waals surface area (Å²) in [6, 6.07) is 7.04. The van der Waals surface area contributed by atoms with Crippen LogP contribution in [0.15, 0.2) is 18.2 Å². The fraction of sp³-hybridized carbons (Fsp3) is 0.700. The van der Waals surface area contributed by atoms with Gasteiger partial charge in [-0.15, -0.1) is 0 Å². The first kappa shape index (κ1) is 16.4. The molecular formula is C20H32O. The summed E-state index contributed by atoms with van der Waals surface area (Å²) in [4.78, 5) is 0. The highest BCUT2D eigenvalue weighted by atomic mass is 16.5. The Morgan fingerprint density at radius 2 is 1.95 bits per heavy atom. The molecule has 0 N–H and O–H groups in total. The maximum absolute atomic E-state index is 5.93. The van der Waals surface area contributed by atoms with Gasteiger partial charge in [0.25, 0.3) is 0 Å². The maximum atomic E-state index is 5.93. The van der Waals surface area contributed by atoms with Crippen molar-refractivity contribution in [3.63, 3.8) is 0 Å². The fourth-order valence-corrected chi connectivity index (χ4v) is 3.45. The molecule has 1 aliphatic carbocycles. The molecule has 1 aliphatic rings. The normalized spacial score (nSPS) is 17.5. The highest BCUT2D eigenvalue weighted by molar-refractivity contribution is 5.43. The minimum atomic E-state index is 0.680. The van der Waals surface area contributed by atoms with Crippen molar-refractivity contribution in [2.75, 3.05) is 6.61 Å². The average molecular weight is 288 g/mol. The van der Waals surface area contributed by atoms with E-state index in [-0.39, 0.29) is 0 Å². The predicted octanol–water partition coefficient (Wildman–Crippen LogP) is 6.28. The van der Waals surface area contributed by atoms with Crippen molar-refractivity contribution in [2.45, 2.75) is 78.1 Å². The lowest BCUT2D eigenvalue weighted by Crippen LogP contribution is -2.06. The molecule has 0 aliphatic heterocycles. The van der Waals surface area contributed by atoms with Gasteiger partial charge >= 0.3 is 0 Å². The smallest absolute Gasteiger partial charge is 0.123 e. The fourth-order valence-electron chi connectivity index (χ4n) is 3.45. The van der Waals surface area contributed by atoms with E-state index in [0.29, 0.717) is 5.92 Å². The van der Waals surface area contributed by atoms with Gasteiger partial charge in [-0.1, -0.05) is 45.7 Å². The van der Waals surface area contributed by atoms with Crippen LogP contribution in [0.25, 0.3) is 0 Å². The van der Waals surface area contributed by atoms with E-state index in [0.717, 1.165) is 24.2 Å². The van der Waals surface area contributed by atoms with Crippen molar-refractivity contribution in [1.29, 1.82) is 0 Å². The molecule has 1 aromatic carbocycles. The van der Waals surface area contributed by atoms with Crippen LogP contribution in [0, 0.1) is 5.92 Å². The van der Waals surface area contributed by atoms with Crippen molar-refractivity contribution in [3.05, 3.63) is 29.3 Å². The molecule has 2 atom stereocenters. The third-order valence-electron chi connectivity index (χ3n) is 4.79. The van der Waals surface area contributed by atoms with Gasteiger partial charge in [-0.2, -0.15) is 0 Å². The topological polar surface area (TPSA) is 9.23 Å². The molecule has 0 radical (unpaired) electrons. The molecular weight excluding hydrogens is 256 g/mol. The van der Waals surface area contributed by atoms with Crippen molar-refractivity contribution < 1.29 is 4.74 Å². The predicted molar refractivity (Wildman–Crippen MR) is 91.3 cm³/mol. The van der Waals surface area contributed by atoms with Gasteiger partial charge < -0.3 is 4.74 Å². The minimum absolute atomic E-state index is 0.680. The number of hydrogen-bond acceptors (Lipinski definition) is 1. The molecule has 2 rings (SSSR count). The van der Waals surface area contributed by atoms with Gasteiger partial charge in [0.15, 0.2) is 0 Å². The van der Waals surface area contributed by atoms with Gasteiger partial charge in [0.05, 0.1) is 6.61 Å². The maximum Gasteiger partial charge on any atom is 0.123 e. The van der Waals surface area contributed by atoms with Crippen molar-refractivity contribution >= 4 is 0 Å². The Kier molecular flexibility index (Phi) is 6.14. The molecule has 1 aromatic rings. The van der Waals surface area contributed by atoms with E-state index in [1.54, 1.807) is 0 Å². The quantitative estimate of drug-likeness (QED) is 0.519. The van der Waals surface area contributed by atoms with E-state index < -0.39 is 0 Å². The first-order chi connectivity index (χ1) is 10.2. The molecule has 0 bridgehead atoms.